The molecule has 0 amide bonds. The quantitative estimate of drug-likeness (QED) is 0.636. The Balaban J connectivity index is 0.000000457. The van der Waals surface area contributed by atoms with Crippen LogP contribution in [0.4, 0.5) is 0 Å². The molecule has 1 heterocycles. The van der Waals surface area contributed by atoms with Gasteiger partial charge >= 0.3 is 0 Å². The molecule has 1 aliphatic heterocycles. The lowest BCUT2D eigenvalue weighted by Gasteiger charge is -2.44. The molecule has 88 valence electrons. The number of ether oxygens (including phenoxy) is 1. The van der Waals surface area contributed by atoms with E-state index >= 15 is 0 Å². The fraction of sp³-hybridized carbons (Fsp3) is 0.600. The van der Waals surface area contributed by atoms with Gasteiger partial charge in [0.05, 0.1) is 0 Å². The van der Waals surface area contributed by atoms with E-state index < -0.39 is 0 Å². The lowest BCUT2D eigenvalue weighted by atomic mass is 9.68. The summed E-state index contributed by atoms with van der Waals surface area (Å²) in [7, 11) is 0. The molecule has 3 rings (SSSR count). The van der Waals surface area contributed by atoms with Crippen LogP contribution in [0.5, 0.6) is 5.75 Å². The van der Waals surface area contributed by atoms with E-state index in [4.69, 9.17) is 4.74 Å². The molecule has 0 saturated heterocycles. The summed E-state index contributed by atoms with van der Waals surface area (Å²) in [6, 6.07) is 6.39. The third-order valence-electron chi connectivity index (χ3n) is 4.06. The Morgan fingerprint density at radius 3 is 2.56 bits per heavy atom. The molecule has 1 fully saturated rings. The Bertz CT molecular complexity index is 383. The maximum atomic E-state index is 6.12. The largest absolute Gasteiger partial charge is 0.486 e. The van der Waals surface area contributed by atoms with Crippen LogP contribution >= 0.6 is 0 Å². The fourth-order valence-corrected chi connectivity index (χ4v) is 2.72. The van der Waals surface area contributed by atoms with Crippen molar-refractivity contribution in [3.05, 3.63) is 29.3 Å². The van der Waals surface area contributed by atoms with Crippen LogP contribution in [0.3, 0.4) is 0 Å². The summed E-state index contributed by atoms with van der Waals surface area (Å²) in [5.74, 6) is 1.87. The topological polar surface area (TPSA) is 9.23 Å². The second kappa shape index (κ2) is 4.12. The molecule has 2 unspecified atom stereocenters. The minimum Gasteiger partial charge on any atom is -0.486 e. The van der Waals surface area contributed by atoms with Gasteiger partial charge in [0.2, 0.25) is 0 Å². The van der Waals surface area contributed by atoms with Gasteiger partial charge in [-0.25, -0.2) is 0 Å². The van der Waals surface area contributed by atoms with E-state index in [2.05, 4.69) is 32.0 Å². The molecule has 0 bridgehead atoms. The minimum absolute atomic E-state index is 0.175. The lowest BCUT2D eigenvalue weighted by Crippen LogP contribution is -2.49. The normalized spacial score (nSPS) is 29.9. The van der Waals surface area contributed by atoms with E-state index in [1.165, 1.54) is 24.0 Å². The van der Waals surface area contributed by atoms with Gasteiger partial charge in [-0.3, -0.25) is 0 Å². The first-order chi connectivity index (χ1) is 7.71. The van der Waals surface area contributed by atoms with E-state index in [1.54, 1.807) is 0 Å². The molecule has 1 saturated carbocycles. The standard InChI is InChI=1S/C13H16O.C2H6/c1-9-4-3-5-12-11(9)8-13(14-12)7-6-10(13)2;1-2/h3-5,10H,6-8H2,1-2H3;1-2H3. The zero-order chi connectivity index (χ0) is 11.8. The van der Waals surface area contributed by atoms with Gasteiger partial charge in [-0.05, 0) is 37.3 Å². The van der Waals surface area contributed by atoms with Gasteiger partial charge in [0, 0.05) is 12.0 Å². The predicted molar refractivity (Wildman–Crippen MR) is 68.0 cm³/mol. The molecule has 1 spiro atoms. The molecule has 1 aliphatic carbocycles. The highest BCUT2D eigenvalue weighted by Gasteiger charge is 2.50. The van der Waals surface area contributed by atoms with E-state index in [9.17, 15) is 0 Å². The molecule has 16 heavy (non-hydrogen) atoms. The summed E-state index contributed by atoms with van der Waals surface area (Å²) in [5.41, 5.74) is 3.01. The Hall–Kier alpha value is -0.980. The van der Waals surface area contributed by atoms with E-state index in [-0.39, 0.29) is 5.60 Å². The molecular weight excluding hydrogens is 196 g/mol. The lowest BCUT2D eigenvalue weighted by molar-refractivity contribution is -0.0437. The van der Waals surface area contributed by atoms with Gasteiger partial charge in [-0.2, -0.15) is 0 Å². The SMILES string of the molecule is CC.Cc1cccc2c1CC1(CCC1C)O2. The molecule has 1 heteroatoms. The molecule has 2 aliphatic rings. The molecule has 0 N–H and O–H groups in total. The Kier molecular flexibility index (Phi) is 2.96. The zero-order valence-electron chi connectivity index (χ0n) is 10.8. The summed E-state index contributed by atoms with van der Waals surface area (Å²) in [4.78, 5) is 0. The zero-order valence-corrected chi connectivity index (χ0v) is 10.8. The second-order valence-corrected chi connectivity index (χ2v) is 4.83. The van der Waals surface area contributed by atoms with Crippen molar-refractivity contribution in [1.29, 1.82) is 0 Å². The van der Waals surface area contributed by atoms with Crippen LogP contribution < -0.4 is 4.74 Å². The van der Waals surface area contributed by atoms with Crippen molar-refractivity contribution >= 4 is 0 Å². The van der Waals surface area contributed by atoms with Crippen LogP contribution in [0.1, 0.15) is 44.7 Å². The van der Waals surface area contributed by atoms with Crippen molar-refractivity contribution in [2.75, 3.05) is 0 Å². The van der Waals surface area contributed by atoms with Crippen LogP contribution in [-0.2, 0) is 6.42 Å². The highest BCUT2D eigenvalue weighted by Crippen LogP contribution is 2.50. The van der Waals surface area contributed by atoms with E-state index in [0.717, 1.165) is 18.1 Å². The summed E-state index contributed by atoms with van der Waals surface area (Å²) in [6.07, 6.45) is 3.70. The molecule has 0 aromatic heterocycles. The molecule has 0 radical (unpaired) electrons. The van der Waals surface area contributed by atoms with Gasteiger partial charge < -0.3 is 4.74 Å². The van der Waals surface area contributed by atoms with Crippen molar-refractivity contribution in [3.63, 3.8) is 0 Å². The van der Waals surface area contributed by atoms with Gasteiger partial charge in [0.25, 0.3) is 0 Å². The number of aryl methyl sites for hydroxylation is 1. The molecular formula is C15H22O. The maximum absolute atomic E-state index is 6.12. The summed E-state index contributed by atoms with van der Waals surface area (Å²) in [6.45, 7) is 8.50. The fourth-order valence-electron chi connectivity index (χ4n) is 2.72. The van der Waals surface area contributed by atoms with Crippen LogP contribution in [0.2, 0.25) is 0 Å². The Labute approximate surface area is 98.8 Å². The second-order valence-electron chi connectivity index (χ2n) is 4.83. The first kappa shape index (κ1) is 11.5. The average Bonchev–Trinajstić information content (AvgIpc) is 2.73. The smallest absolute Gasteiger partial charge is 0.123 e. The van der Waals surface area contributed by atoms with Gasteiger partial charge in [0.15, 0.2) is 0 Å². The average molecular weight is 218 g/mol. The summed E-state index contributed by atoms with van der Waals surface area (Å²) >= 11 is 0. The molecule has 2 atom stereocenters. The van der Waals surface area contributed by atoms with Crippen molar-refractivity contribution < 1.29 is 4.74 Å². The Morgan fingerprint density at radius 2 is 2.06 bits per heavy atom. The van der Waals surface area contributed by atoms with Gasteiger partial charge in [0.1, 0.15) is 11.4 Å². The first-order valence-electron chi connectivity index (χ1n) is 6.49. The van der Waals surface area contributed by atoms with Gasteiger partial charge in [-0.1, -0.05) is 32.9 Å². The van der Waals surface area contributed by atoms with Crippen LogP contribution in [-0.4, -0.2) is 5.60 Å². The summed E-state index contributed by atoms with van der Waals surface area (Å²) in [5, 5.41) is 0. The number of fused-ring (bicyclic) bond motifs is 1. The number of hydrogen-bond acceptors (Lipinski definition) is 1. The maximum Gasteiger partial charge on any atom is 0.123 e. The third kappa shape index (κ3) is 1.53. The molecule has 1 nitrogen and oxygen atoms in total. The minimum atomic E-state index is 0.175. The number of rotatable bonds is 0. The van der Waals surface area contributed by atoms with E-state index in [1.807, 2.05) is 13.8 Å². The molecule has 1 aromatic carbocycles. The monoisotopic (exact) mass is 218 g/mol. The Morgan fingerprint density at radius 1 is 1.31 bits per heavy atom. The van der Waals surface area contributed by atoms with Gasteiger partial charge in [-0.15, -0.1) is 0 Å². The highest BCUT2D eigenvalue weighted by molar-refractivity contribution is 5.45. The molecule has 1 aromatic rings. The van der Waals surface area contributed by atoms with Crippen molar-refractivity contribution in [2.24, 2.45) is 5.92 Å². The van der Waals surface area contributed by atoms with E-state index in [0.29, 0.717) is 0 Å². The number of benzene rings is 1. The van der Waals surface area contributed by atoms with Crippen molar-refractivity contribution in [1.82, 2.24) is 0 Å². The van der Waals surface area contributed by atoms with Crippen molar-refractivity contribution in [3.8, 4) is 5.75 Å². The van der Waals surface area contributed by atoms with Crippen LogP contribution in [0, 0.1) is 12.8 Å². The van der Waals surface area contributed by atoms with Crippen LogP contribution in [0.15, 0.2) is 18.2 Å². The highest BCUT2D eigenvalue weighted by atomic mass is 16.5. The first-order valence-corrected chi connectivity index (χ1v) is 6.49. The van der Waals surface area contributed by atoms with Crippen LogP contribution in [0.25, 0.3) is 0 Å². The third-order valence-corrected chi connectivity index (χ3v) is 4.06. The summed E-state index contributed by atoms with van der Waals surface area (Å²) < 4.78 is 6.12. The number of hydrogen-bond donors (Lipinski definition) is 0. The predicted octanol–water partition coefficient (Wildman–Crippen LogP) is 4.12. The van der Waals surface area contributed by atoms with Crippen molar-refractivity contribution in [2.45, 2.75) is 52.6 Å².